The molecule has 0 saturated carbocycles. The molecule has 2 N–H and O–H groups in total. The third kappa shape index (κ3) is 2.67. The Balaban J connectivity index is 1.67. The summed E-state index contributed by atoms with van der Waals surface area (Å²) >= 11 is 1.53. The molecule has 2 aromatic carbocycles. The van der Waals surface area contributed by atoms with Crippen LogP contribution in [0.2, 0.25) is 0 Å². The second-order valence-electron chi connectivity index (χ2n) is 5.15. The van der Waals surface area contributed by atoms with Crippen LogP contribution in [0.3, 0.4) is 0 Å². The van der Waals surface area contributed by atoms with Gasteiger partial charge in [0.25, 0.3) is 0 Å². The molecule has 1 unspecified atom stereocenters. The van der Waals surface area contributed by atoms with Gasteiger partial charge in [0.05, 0.1) is 5.69 Å². The average Bonchev–Trinajstić information content (AvgIpc) is 2.59. The van der Waals surface area contributed by atoms with E-state index in [4.69, 9.17) is 0 Å². The summed E-state index contributed by atoms with van der Waals surface area (Å²) in [6.07, 6.45) is 2.48. The predicted octanol–water partition coefficient (Wildman–Crippen LogP) is 3.91. The molecule has 114 valence electrons. The van der Waals surface area contributed by atoms with Crippen molar-refractivity contribution >= 4 is 23.3 Å². The second-order valence-corrected chi connectivity index (χ2v) is 6.18. The van der Waals surface area contributed by atoms with Crippen LogP contribution in [-0.4, -0.2) is 15.1 Å². The molecule has 23 heavy (non-hydrogen) atoms. The molecule has 1 aliphatic heterocycles. The fraction of sp³-hybridized carbons (Fsp3) is 0.0588. The molecule has 3 aromatic rings. The first-order chi connectivity index (χ1) is 11.2. The monoisotopic (exact) mass is 325 g/mol. The van der Waals surface area contributed by atoms with Crippen LogP contribution >= 0.6 is 11.8 Å². The van der Waals surface area contributed by atoms with Crippen molar-refractivity contribution in [2.45, 2.75) is 16.0 Å². The smallest absolute Gasteiger partial charge is 0.163 e. The highest BCUT2D eigenvalue weighted by atomic mass is 32.2. The van der Waals surface area contributed by atoms with Crippen LogP contribution in [0.4, 0.5) is 15.9 Å². The first kappa shape index (κ1) is 14.2. The molecule has 1 aromatic heterocycles. The van der Waals surface area contributed by atoms with Crippen LogP contribution in [0.15, 0.2) is 64.8 Å². The summed E-state index contributed by atoms with van der Waals surface area (Å²) in [6, 6.07) is 11.5. The van der Waals surface area contributed by atoms with Crippen LogP contribution in [0.25, 0.3) is 0 Å². The van der Waals surface area contributed by atoms with E-state index >= 15 is 0 Å². The minimum atomic E-state index is -0.809. The minimum absolute atomic E-state index is 0.320. The van der Waals surface area contributed by atoms with Crippen molar-refractivity contribution in [3.8, 4) is 0 Å². The summed E-state index contributed by atoms with van der Waals surface area (Å²) in [5.41, 5.74) is 2.26. The molecule has 0 radical (unpaired) electrons. The van der Waals surface area contributed by atoms with Crippen LogP contribution in [-0.2, 0) is 0 Å². The Morgan fingerprint density at radius 1 is 1.00 bits per heavy atom. The Bertz CT molecular complexity index is 870. The highest BCUT2D eigenvalue weighted by molar-refractivity contribution is 7.99. The van der Waals surface area contributed by atoms with Crippen LogP contribution in [0.1, 0.15) is 17.2 Å². The van der Waals surface area contributed by atoms with Gasteiger partial charge in [-0.05, 0) is 35.4 Å². The molecular weight excluding hydrogens is 313 g/mol. The number of benzene rings is 2. The van der Waals surface area contributed by atoms with Crippen molar-refractivity contribution in [2.75, 3.05) is 5.32 Å². The van der Waals surface area contributed by atoms with Crippen molar-refractivity contribution < 1.29 is 9.50 Å². The molecule has 6 heteroatoms. The number of nitrogens with one attached hydrogen (secondary N) is 1. The number of anilines is 2. The van der Waals surface area contributed by atoms with Crippen LogP contribution < -0.4 is 5.32 Å². The van der Waals surface area contributed by atoms with Gasteiger partial charge in [0, 0.05) is 17.3 Å². The van der Waals surface area contributed by atoms with Gasteiger partial charge >= 0.3 is 0 Å². The number of hydrogen-bond donors (Lipinski definition) is 2. The number of halogens is 1. The Morgan fingerprint density at radius 2 is 1.74 bits per heavy atom. The van der Waals surface area contributed by atoms with Gasteiger partial charge in [0.2, 0.25) is 0 Å². The molecular formula is C17H12FN3OS. The summed E-state index contributed by atoms with van der Waals surface area (Å²) in [5, 5.41) is 14.6. The highest BCUT2D eigenvalue weighted by Crippen LogP contribution is 2.42. The Labute approximate surface area is 136 Å². The SMILES string of the molecule is OC(c1ccc(F)cc1)c1ccc2c(c1)Nc1nccnc1S2. The van der Waals surface area contributed by atoms with E-state index in [1.54, 1.807) is 24.5 Å². The van der Waals surface area contributed by atoms with Gasteiger partial charge in [-0.2, -0.15) is 0 Å². The quantitative estimate of drug-likeness (QED) is 0.585. The zero-order valence-electron chi connectivity index (χ0n) is 11.9. The number of fused-ring (bicyclic) bond motifs is 2. The van der Waals surface area contributed by atoms with Gasteiger partial charge in [0.15, 0.2) is 5.82 Å². The largest absolute Gasteiger partial charge is 0.384 e. The highest BCUT2D eigenvalue weighted by Gasteiger charge is 2.19. The molecule has 0 amide bonds. The van der Waals surface area contributed by atoms with Crippen molar-refractivity contribution in [1.29, 1.82) is 0 Å². The topological polar surface area (TPSA) is 58.0 Å². The van der Waals surface area contributed by atoms with Crippen molar-refractivity contribution in [1.82, 2.24) is 9.97 Å². The van der Waals surface area contributed by atoms with Crippen molar-refractivity contribution in [2.24, 2.45) is 0 Å². The van der Waals surface area contributed by atoms with E-state index in [0.29, 0.717) is 11.4 Å². The van der Waals surface area contributed by atoms with Gasteiger partial charge in [-0.1, -0.05) is 30.0 Å². The second kappa shape index (κ2) is 5.64. The molecule has 2 heterocycles. The molecule has 0 bridgehead atoms. The van der Waals surface area contributed by atoms with Crippen molar-refractivity contribution in [3.05, 3.63) is 71.8 Å². The maximum Gasteiger partial charge on any atom is 0.163 e. The molecule has 1 atom stereocenters. The van der Waals surface area contributed by atoms with Crippen LogP contribution in [0.5, 0.6) is 0 Å². The summed E-state index contributed by atoms with van der Waals surface area (Å²) < 4.78 is 13.0. The van der Waals surface area contributed by atoms with E-state index < -0.39 is 6.10 Å². The zero-order chi connectivity index (χ0) is 15.8. The Hall–Kier alpha value is -2.44. The molecule has 1 aliphatic rings. The van der Waals surface area contributed by atoms with Crippen LogP contribution in [0, 0.1) is 5.82 Å². The summed E-state index contributed by atoms with van der Waals surface area (Å²) in [5.74, 6) is 0.387. The minimum Gasteiger partial charge on any atom is -0.384 e. The average molecular weight is 325 g/mol. The van der Waals surface area contributed by atoms with Gasteiger partial charge in [-0.3, -0.25) is 0 Å². The van der Waals surface area contributed by atoms with E-state index in [9.17, 15) is 9.50 Å². The lowest BCUT2D eigenvalue weighted by atomic mass is 10.0. The number of aromatic nitrogens is 2. The normalized spacial score (nSPS) is 13.7. The molecule has 0 aliphatic carbocycles. The fourth-order valence-corrected chi connectivity index (χ4v) is 3.34. The number of hydrogen-bond acceptors (Lipinski definition) is 5. The summed E-state index contributed by atoms with van der Waals surface area (Å²) in [6.45, 7) is 0. The van der Waals surface area contributed by atoms with Crippen molar-refractivity contribution in [3.63, 3.8) is 0 Å². The molecule has 0 spiro atoms. The standard InChI is InChI=1S/C17H12FN3OS/c18-12-4-1-10(2-5-12)15(22)11-3-6-14-13(9-11)21-16-17(23-14)20-8-7-19-16/h1-9,15,22H,(H,19,21). The fourth-order valence-electron chi connectivity index (χ4n) is 2.46. The van der Waals surface area contributed by atoms with E-state index in [1.165, 1.54) is 23.9 Å². The molecule has 0 fully saturated rings. The van der Waals surface area contributed by atoms with E-state index in [1.807, 2.05) is 18.2 Å². The maximum absolute atomic E-state index is 13.0. The third-order valence-corrected chi connectivity index (χ3v) is 4.70. The Kier molecular flexibility index (Phi) is 3.48. The van der Waals surface area contributed by atoms with Gasteiger partial charge in [-0.25, -0.2) is 14.4 Å². The molecule has 4 rings (SSSR count). The maximum atomic E-state index is 13.0. The lowest BCUT2D eigenvalue weighted by Crippen LogP contribution is -2.06. The van der Waals surface area contributed by atoms with E-state index in [2.05, 4.69) is 15.3 Å². The lowest BCUT2D eigenvalue weighted by Gasteiger charge is -2.20. The summed E-state index contributed by atoms with van der Waals surface area (Å²) in [7, 11) is 0. The first-order valence-electron chi connectivity index (χ1n) is 7.04. The lowest BCUT2D eigenvalue weighted by molar-refractivity contribution is 0.220. The van der Waals surface area contributed by atoms with Gasteiger partial charge < -0.3 is 10.4 Å². The number of aliphatic hydroxyl groups is 1. The Morgan fingerprint density at radius 3 is 2.57 bits per heavy atom. The zero-order valence-corrected chi connectivity index (χ0v) is 12.7. The van der Waals surface area contributed by atoms with E-state index in [0.717, 1.165) is 21.2 Å². The number of rotatable bonds is 2. The van der Waals surface area contributed by atoms with E-state index in [-0.39, 0.29) is 5.82 Å². The number of aliphatic hydroxyl groups excluding tert-OH is 1. The summed E-state index contributed by atoms with van der Waals surface area (Å²) in [4.78, 5) is 9.57. The first-order valence-corrected chi connectivity index (χ1v) is 7.86. The van der Waals surface area contributed by atoms with Gasteiger partial charge in [-0.15, -0.1) is 0 Å². The van der Waals surface area contributed by atoms with Gasteiger partial charge in [0.1, 0.15) is 16.9 Å². The predicted molar refractivity (Wildman–Crippen MR) is 86.3 cm³/mol. The number of nitrogens with zero attached hydrogens (tertiary/aromatic N) is 2. The third-order valence-electron chi connectivity index (χ3n) is 3.63. The molecule has 0 saturated heterocycles. The molecule has 4 nitrogen and oxygen atoms in total.